The van der Waals surface area contributed by atoms with Crippen molar-refractivity contribution in [2.24, 2.45) is 5.92 Å². The summed E-state index contributed by atoms with van der Waals surface area (Å²) >= 11 is 0. The van der Waals surface area contributed by atoms with Gasteiger partial charge in [0.2, 0.25) is 10.0 Å². The van der Waals surface area contributed by atoms with Gasteiger partial charge in [0.15, 0.2) is 0 Å². The Balaban J connectivity index is 2.14. The van der Waals surface area contributed by atoms with Crippen LogP contribution in [0.25, 0.3) is 0 Å². The molecule has 1 fully saturated rings. The van der Waals surface area contributed by atoms with Gasteiger partial charge in [-0.3, -0.25) is 0 Å². The van der Waals surface area contributed by atoms with Crippen LogP contribution in [0.4, 0.5) is 5.69 Å². The fourth-order valence-electron chi connectivity index (χ4n) is 3.29. The lowest BCUT2D eigenvalue weighted by Crippen LogP contribution is -2.46. The molecular weight excluding hydrogens is 312 g/mol. The lowest BCUT2D eigenvalue weighted by molar-refractivity contribution is 0.234. The molecule has 0 amide bonds. The van der Waals surface area contributed by atoms with Gasteiger partial charge in [0.05, 0.1) is 18.9 Å². The molecule has 1 saturated heterocycles. The molecule has 0 bridgehead atoms. The normalized spacial score (nSPS) is 21.1. The summed E-state index contributed by atoms with van der Waals surface area (Å²) < 4.78 is 25.2. The number of hydrogen-bond acceptors (Lipinski definition) is 4. The van der Waals surface area contributed by atoms with Crippen molar-refractivity contribution in [3.8, 4) is 0 Å². The average molecular weight is 340 g/mol. The lowest BCUT2D eigenvalue weighted by atomic mass is 9.97. The van der Waals surface area contributed by atoms with Crippen molar-refractivity contribution in [3.05, 3.63) is 30.3 Å². The van der Waals surface area contributed by atoms with Crippen LogP contribution in [0.3, 0.4) is 0 Å². The minimum atomic E-state index is -3.13. The van der Waals surface area contributed by atoms with E-state index in [1.807, 2.05) is 18.2 Å². The SMILES string of the molecule is CC[C@H](CO)N(C[C@H]1CCCN(S(C)(=O)=O)C1)c1ccccc1. The maximum Gasteiger partial charge on any atom is 0.211 e. The van der Waals surface area contributed by atoms with E-state index < -0.39 is 10.0 Å². The Bertz CT molecular complexity index is 573. The predicted molar refractivity (Wildman–Crippen MR) is 94.1 cm³/mol. The monoisotopic (exact) mass is 340 g/mol. The molecule has 1 aromatic rings. The van der Waals surface area contributed by atoms with E-state index in [0.717, 1.165) is 31.5 Å². The number of hydrogen-bond donors (Lipinski definition) is 1. The van der Waals surface area contributed by atoms with Gasteiger partial charge in [-0.15, -0.1) is 0 Å². The van der Waals surface area contributed by atoms with Crippen LogP contribution in [0.1, 0.15) is 26.2 Å². The number of para-hydroxylation sites is 1. The summed E-state index contributed by atoms with van der Waals surface area (Å²) in [6.45, 7) is 4.14. The molecule has 6 heteroatoms. The molecule has 1 N–H and O–H groups in total. The molecule has 0 spiro atoms. The summed E-state index contributed by atoms with van der Waals surface area (Å²) in [6.07, 6.45) is 4.06. The quantitative estimate of drug-likeness (QED) is 0.824. The fourth-order valence-corrected chi connectivity index (χ4v) is 4.23. The largest absolute Gasteiger partial charge is 0.394 e. The van der Waals surface area contributed by atoms with Crippen LogP contribution in [-0.4, -0.2) is 56.4 Å². The van der Waals surface area contributed by atoms with E-state index in [4.69, 9.17) is 0 Å². The van der Waals surface area contributed by atoms with E-state index in [0.29, 0.717) is 19.0 Å². The standard InChI is InChI=1S/C17H28N2O3S/c1-3-16(14-20)19(17-9-5-4-6-10-17)13-15-8-7-11-18(12-15)23(2,21)22/h4-6,9-10,15-16,20H,3,7-8,11-14H2,1-2H3/t15-,16+/m0/s1. The van der Waals surface area contributed by atoms with Gasteiger partial charge in [0, 0.05) is 25.3 Å². The zero-order chi connectivity index (χ0) is 16.9. The van der Waals surface area contributed by atoms with Gasteiger partial charge in [-0.25, -0.2) is 12.7 Å². The second kappa shape index (κ2) is 8.13. The Kier molecular flexibility index (Phi) is 6.44. The number of nitrogens with zero attached hydrogens (tertiary/aromatic N) is 2. The molecule has 0 saturated carbocycles. The summed E-state index contributed by atoms with van der Waals surface area (Å²) in [5.41, 5.74) is 1.09. The third-order valence-electron chi connectivity index (χ3n) is 4.62. The Morgan fingerprint density at radius 1 is 1.35 bits per heavy atom. The molecule has 130 valence electrons. The van der Waals surface area contributed by atoms with E-state index >= 15 is 0 Å². The number of aliphatic hydroxyl groups is 1. The third kappa shape index (κ3) is 4.93. The molecule has 23 heavy (non-hydrogen) atoms. The lowest BCUT2D eigenvalue weighted by Gasteiger charge is -2.38. The fraction of sp³-hybridized carbons (Fsp3) is 0.647. The first-order chi connectivity index (χ1) is 11.0. The highest BCUT2D eigenvalue weighted by Crippen LogP contribution is 2.25. The Morgan fingerprint density at radius 3 is 2.61 bits per heavy atom. The number of piperidine rings is 1. The van der Waals surface area contributed by atoms with Gasteiger partial charge in [0.25, 0.3) is 0 Å². The van der Waals surface area contributed by atoms with Crippen LogP contribution >= 0.6 is 0 Å². The molecular formula is C17H28N2O3S. The minimum absolute atomic E-state index is 0.0611. The summed E-state index contributed by atoms with van der Waals surface area (Å²) in [5, 5.41) is 9.72. The molecule has 1 aromatic carbocycles. The van der Waals surface area contributed by atoms with E-state index in [1.165, 1.54) is 6.26 Å². The first kappa shape index (κ1) is 18.2. The van der Waals surface area contributed by atoms with Crippen molar-refractivity contribution < 1.29 is 13.5 Å². The predicted octanol–water partition coefficient (Wildman–Crippen LogP) is 1.94. The summed E-state index contributed by atoms with van der Waals surface area (Å²) in [7, 11) is -3.13. The number of rotatable bonds is 7. The van der Waals surface area contributed by atoms with Gasteiger partial charge in [-0.1, -0.05) is 25.1 Å². The van der Waals surface area contributed by atoms with Gasteiger partial charge in [-0.05, 0) is 37.3 Å². The Labute approximate surface area is 140 Å². The zero-order valence-corrected chi connectivity index (χ0v) is 14.9. The molecule has 5 nitrogen and oxygen atoms in total. The molecule has 0 aromatic heterocycles. The molecule has 0 radical (unpaired) electrons. The topological polar surface area (TPSA) is 60.9 Å². The summed E-state index contributed by atoms with van der Waals surface area (Å²) in [6, 6.07) is 10.1. The first-order valence-electron chi connectivity index (χ1n) is 8.33. The smallest absolute Gasteiger partial charge is 0.211 e. The van der Waals surface area contributed by atoms with Crippen molar-refractivity contribution >= 4 is 15.7 Å². The number of anilines is 1. The van der Waals surface area contributed by atoms with Gasteiger partial charge in [0.1, 0.15) is 0 Å². The van der Waals surface area contributed by atoms with Crippen LogP contribution < -0.4 is 4.90 Å². The van der Waals surface area contributed by atoms with E-state index in [9.17, 15) is 13.5 Å². The molecule has 2 rings (SSSR count). The first-order valence-corrected chi connectivity index (χ1v) is 10.2. The third-order valence-corrected chi connectivity index (χ3v) is 5.89. The number of sulfonamides is 1. The van der Waals surface area contributed by atoms with Gasteiger partial charge in [-0.2, -0.15) is 0 Å². The molecule has 1 heterocycles. The molecule has 2 atom stereocenters. The molecule has 0 unspecified atom stereocenters. The second-order valence-corrected chi connectivity index (χ2v) is 8.34. The highest BCUT2D eigenvalue weighted by atomic mass is 32.2. The van der Waals surface area contributed by atoms with E-state index in [-0.39, 0.29) is 12.6 Å². The number of aliphatic hydroxyl groups excluding tert-OH is 1. The maximum absolute atomic E-state index is 11.8. The summed E-state index contributed by atoms with van der Waals surface area (Å²) in [4.78, 5) is 2.23. The van der Waals surface area contributed by atoms with Gasteiger partial charge >= 0.3 is 0 Å². The minimum Gasteiger partial charge on any atom is -0.394 e. The van der Waals surface area contributed by atoms with E-state index in [2.05, 4.69) is 24.0 Å². The summed E-state index contributed by atoms with van der Waals surface area (Å²) in [5.74, 6) is 0.291. The highest BCUT2D eigenvalue weighted by molar-refractivity contribution is 7.88. The van der Waals surface area contributed by atoms with Crippen molar-refractivity contribution in [3.63, 3.8) is 0 Å². The average Bonchev–Trinajstić information content (AvgIpc) is 2.55. The zero-order valence-electron chi connectivity index (χ0n) is 14.1. The van der Waals surface area contributed by atoms with Crippen LogP contribution in [-0.2, 0) is 10.0 Å². The second-order valence-electron chi connectivity index (χ2n) is 6.36. The van der Waals surface area contributed by atoms with Crippen molar-refractivity contribution in [1.82, 2.24) is 4.31 Å². The molecule has 1 aliphatic rings. The molecule has 1 aliphatic heterocycles. The van der Waals surface area contributed by atoms with E-state index in [1.54, 1.807) is 4.31 Å². The van der Waals surface area contributed by atoms with Crippen LogP contribution in [0.5, 0.6) is 0 Å². The number of benzene rings is 1. The van der Waals surface area contributed by atoms with Crippen LogP contribution in [0.2, 0.25) is 0 Å². The van der Waals surface area contributed by atoms with Gasteiger partial charge < -0.3 is 10.0 Å². The van der Waals surface area contributed by atoms with Crippen molar-refractivity contribution in [1.29, 1.82) is 0 Å². The van der Waals surface area contributed by atoms with Crippen LogP contribution in [0, 0.1) is 5.92 Å². The van der Waals surface area contributed by atoms with Crippen LogP contribution in [0.15, 0.2) is 30.3 Å². The maximum atomic E-state index is 11.8. The molecule has 0 aliphatic carbocycles. The Morgan fingerprint density at radius 2 is 2.04 bits per heavy atom. The highest BCUT2D eigenvalue weighted by Gasteiger charge is 2.28. The Hall–Kier alpha value is -1.11. The van der Waals surface area contributed by atoms with Crippen molar-refractivity contribution in [2.75, 3.05) is 37.4 Å². The van der Waals surface area contributed by atoms with Crippen molar-refractivity contribution in [2.45, 2.75) is 32.2 Å².